The number of rotatable bonds is 7. The molecule has 1 aliphatic rings. The summed E-state index contributed by atoms with van der Waals surface area (Å²) in [6.07, 6.45) is 9.35. The van der Waals surface area contributed by atoms with Crippen LogP contribution in [0.5, 0.6) is 0 Å². The summed E-state index contributed by atoms with van der Waals surface area (Å²) in [5.74, 6) is 1.91. The highest BCUT2D eigenvalue weighted by molar-refractivity contribution is 5.63. The molecule has 9 heteroatoms. The van der Waals surface area contributed by atoms with Gasteiger partial charge in [-0.15, -0.1) is 0 Å². The van der Waals surface area contributed by atoms with Crippen molar-refractivity contribution in [2.24, 2.45) is 11.7 Å². The molecule has 3 heterocycles. The largest absolute Gasteiger partial charge is 0.368 e. The number of nitrogens with two attached hydrogens (primary N) is 2. The van der Waals surface area contributed by atoms with Crippen LogP contribution in [0.4, 0.5) is 5.95 Å². The normalized spacial score (nSPS) is 15.7. The molecule has 0 aliphatic heterocycles. The number of nitrogens with zero attached hydrogens (tertiary/aromatic N) is 6. The SMILES string of the molecule is CC(c1ccc(-c2cnc(N)nc2)cc1)(c1noc(-c2cnn(CCN)c2)n1)C1CC1. The lowest BCUT2D eigenvalue weighted by Crippen LogP contribution is -2.28. The molecule has 5 rings (SSSR count). The Labute approximate surface area is 179 Å². The van der Waals surface area contributed by atoms with Crippen LogP contribution in [0.25, 0.3) is 22.6 Å². The zero-order valence-electron chi connectivity index (χ0n) is 17.3. The first-order valence-corrected chi connectivity index (χ1v) is 10.3. The lowest BCUT2D eigenvalue weighted by atomic mass is 9.77. The molecule has 3 aromatic heterocycles. The van der Waals surface area contributed by atoms with Gasteiger partial charge >= 0.3 is 0 Å². The van der Waals surface area contributed by atoms with E-state index in [0.29, 0.717) is 30.7 Å². The van der Waals surface area contributed by atoms with E-state index in [1.807, 2.05) is 6.20 Å². The van der Waals surface area contributed by atoms with Crippen molar-refractivity contribution in [2.75, 3.05) is 12.3 Å². The number of hydrogen-bond acceptors (Lipinski definition) is 8. The number of aromatic nitrogens is 6. The topological polar surface area (TPSA) is 135 Å². The van der Waals surface area contributed by atoms with Crippen molar-refractivity contribution in [3.8, 4) is 22.6 Å². The van der Waals surface area contributed by atoms with E-state index in [1.165, 1.54) is 0 Å². The highest BCUT2D eigenvalue weighted by atomic mass is 16.5. The van der Waals surface area contributed by atoms with Crippen molar-refractivity contribution in [2.45, 2.75) is 31.7 Å². The van der Waals surface area contributed by atoms with Crippen LogP contribution in [0.2, 0.25) is 0 Å². The first-order chi connectivity index (χ1) is 15.1. The second-order valence-electron chi connectivity index (χ2n) is 8.09. The third-order valence-corrected chi connectivity index (χ3v) is 6.01. The Bertz CT molecular complexity index is 1180. The zero-order valence-corrected chi connectivity index (χ0v) is 17.3. The summed E-state index contributed by atoms with van der Waals surface area (Å²) in [6, 6.07) is 8.39. The van der Waals surface area contributed by atoms with E-state index in [9.17, 15) is 0 Å². The summed E-state index contributed by atoms with van der Waals surface area (Å²) in [4.78, 5) is 12.9. The number of hydrogen-bond donors (Lipinski definition) is 2. The Morgan fingerprint density at radius 3 is 2.48 bits per heavy atom. The molecule has 9 nitrogen and oxygen atoms in total. The van der Waals surface area contributed by atoms with Crippen molar-refractivity contribution in [1.82, 2.24) is 29.9 Å². The first kappa shape index (κ1) is 19.4. The van der Waals surface area contributed by atoms with E-state index in [4.69, 9.17) is 21.0 Å². The Morgan fingerprint density at radius 1 is 1.06 bits per heavy atom. The summed E-state index contributed by atoms with van der Waals surface area (Å²) >= 11 is 0. The maximum absolute atomic E-state index is 5.62. The van der Waals surface area contributed by atoms with Gasteiger partial charge in [0.1, 0.15) is 0 Å². The summed E-state index contributed by atoms with van der Waals surface area (Å²) in [7, 11) is 0. The molecule has 0 saturated heterocycles. The molecule has 0 amide bonds. The fourth-order valence-electron chi connectivity index (χ4n) is 3.98. The third-order valence-electron chi connectivity index (χ3n) is 6.01. The summed E-state index contributed by atoms with van der Waals surface area (Å²) in [5.41, 5.74) is 14.8. The van der Waals surface area contributed by atoms with Crippen LogP contribution in [0.1, 0.15) is 31.2 Å². The summed E-state index contributed by atoms with van der Waals surface area (Å²) in [5, 5.41) is 8.66. The Morgan fingerprint density at radius 2 is 1.81 bits per heavy atom. The Balaban J connectivity index is 1.46. The van der Waals surface area contributed by atoms with Crippen LogP contribution >= 0.6 is 0 Å². The van der Waals surface area contributed by atoms with Gasteiger partial charge in [0, 0.05) is 30.7 Å². The zero-order chi connectivity index (χ0) is 21.4. The van der Waals surface area contributed by atoms with Gasteiger partial charge in [-0.3, -0.25) is 4.68 Å². The lowest BCUT2D eigenvalue weighted by molar-refractivity contribution is 0.386. The van der Waals surface area contributed by atoms with Gasteiger partial charge in [0.25, 0.3) is 5.89 Å². The van der Waals surface area contributed by atoms with Gasteiger partial charge in [-0.2, -0.15) is 10.1 Å². The van der Waals surface area contributed by atoms with Crippen molar-refractivity contribution in [1.29, 1.82) is 0 Å². The average molecular weight is 416 g/mol. The van der Waals surface area contributed by atoms with Crippen LogP contribution in [0.15, 0.2) is 53.6 Å². The van der Waals surface area contributed by atoms with Gasteiger partial charge < -0.3 is 16.0 Å². The number of anilines is 1. The van der Waals surface area contributed by atoms with Crippen molar-refractivity contribution in [3.63, 3.8) is 0 Å². The van der Waals surface area contributed by atoms with Crippen LogP contribution in [-0.4, -0.2) is 36.4 Å². The molecule has 1 aromatic carbocycles. The van der Waals surface area contributed by atoms with Gasteiger partial charge in [0.2, 0.25) is 5.95 Å². The minimum absolute atomic E-state index is 0.267. The van der Waals surface area contributed by atoms with E-state index in [0.717, 1.165) is 35.1 Å². The second kappa shape index (κ2) is 7.59. The minimum Gasteiger partial charge on any atom is -0.368 e. The van der Waals surface area contributed by atoms with Gasteiger partial charge in [-0.1, -0.05) is 29.4 Å². The summed E-state index contributed by atoms with van der Waals surface area (Å²) < 4.78 is 7.39. The molecule has 1 saturated carbocycles. The van der Waals surface area contributed by atoms with E-state index in [1.54, 1.807) is 23.3 Å². The fraction of sp³-hybridized carbons (Fsp3) is 0.318. The lowest BCUT2D eigenvalue weighted by Gasteiger charge is -2.27. The van der Waals surface area contributed by atoms with Crippen LogP contribution in [-0.2, 0) is 12.0 Å². The molecule has 158 valence electrons. The van der Waals surface area contributed by atoms with Gasteiger partial charge in [-0.25, -0.2) is 9.97 Å². The fourth-order valence-corrected chi connectivity index (χ4v) is 3.98. The highest BCUT2D eigenvalue weighted by Gasteiger charge is 2.47. The van der Waals surface area contributed by atoms with E-state index in [-0.39, 0.29) is 11.4 Å². The third kappa shape index (κ3) is 3.57. The molecule has 0 radical (unpaired) electrons. The molecule has 4 aromatic rings. The molecule has 1 aliphatic carbocycles. The number of nitrogen functional groups attached to an aromatic ring is 1. The van der Waals surface area contributed by atoms with Crippen molar-refractivity contribution >= 4 is 5.95 Å². The molecular formula is C22H24N8O. The molecular weight excluding hydrogens is 392 g/mol. The molecule has 0 bridgehead atoms. The molecule has 0 spiro atoms. The van der Waals surface area contributed by atoms with Crippen LogP contribution in [0, 0.1) is 5.92 Å². The average Bonchev–Trinajstić information content (AvgIpc) is 3.35. The Kier molecular flexibility index (Phi) is 4.74. The minimum atomic E-state index is -0.328. The maximum Gasteiger partial charge on any atom is 0.261 e. The van der Waals surface area contributed by atoms with Crippen LogP contribution < -0.4 is 11.5 Å². The van der Waals surface area contributed by atoms with E-state index >= 15 is 0 Å². The van der Waals surface area contributed by atoms with Crippen LogP contribution in [0.3, 0.4) is 0 Å². The molecule has 1 atom stereocenters. The molecule has 31 heavy (non-hydrogen) atoms. The van der Waals surface area contributed by atoms with E-state index in [2.05, 4.69) is 51.4 Å². The maximum atomic E-state index is 5.62. The first-order valence-electron chi connectivity index (χ1n) is 10.3. The quantitative estimate of drug-likeness (QED) is 0.469. The van der Waals surface area contributed by atoms with Gasteiger partial charge in [0.15, 0.2) is 5.82 Å². The molecule has 1 unspecified atom stereocenters. The van der Waals surface area contributed by atoms with E-state index < -0.39 is 0 Å². The second-order valence-corrected chi connectivity index (χ2v) is 8.09. The van der Waals surface area contributed by atoms with Gasteiger partial charge in [-0.05, 0) is 36.8 Å². The van der Waals surface area contributed by atoms with Crippen molar-refractivity contribution < 1.29 is 4.52 Å². The summed E-state index contributed by atoms with van der Waals surface area (Å²) in [6.45, 7) is 3.36. The monoisotopic (exact) mass is 416 g/mol. The standard InChI is InChI=1S/C22H24N8O/c1-22(18-6-7-18,17-4-2-14(3-5-17)15-10-25-21(24)26-11-15)20-28-19(31-29-20)16-12-27-30(13-16)9-8-23/h2-5,10-13,18H,6-9,23H2,1H3,(H2,24,25,26). The smallest absolute Gasteiger partial charge is 0.261 e. The molecule has 1 fully saturated rings. The van der Waals surface area contributed by atoms with Crippen molar-refractivity contribution in [3.05, 3.63) is 60.4 Å². The number of benzene rings is 1. The molecule has 4 N–H and O–H groups in total. The predicted octanol–water partition coefficient (Wildman–Crippen LogP) is 2.65. The highest BCUT2D eigenvalue weighted by Crippen LogP contribution is 2.50. The predicted molar refractivity (Wildman–Crippen MR) is 116 cm³/mol. The Hall–Kier alpha value is -3.59. The van der Waals surface area contributed by atoms with Gasteiger partial charge in [0.05, 0.1) is 23.7 Å².